The average Bonchev–Trinajstić information content (AvgIpc) is 2.67. The predicted molar refractivity (Wildman–Crippen MR) is 79.4 cm³/mol. The summed E-state index contributed by atoms with van der Waals surface area (Å²) in [4.78, 5) is 12.1. The van der Waals surface area contributed by atoms with Crippen LogP contribution in [0.5, 0.6) is 0 Å². The Balaban J connectivity index is 1.62. The zero-order chi connectivity index (χ0) is 15.0. The first-order valence-electron chi connectivity index (χ1n) is 7.75. The Morgan fingerprint density at radius 2 is 1.76 bits per heavy atom. The number of aliphatic hydroxyl groups excluding tert-OH is 1. The molecule has 4 nitrogen and oxygen atoms in total. The lowest BCUT2D eigenvalue weighted by molar-refractivity contribution is -0.931. The largest absolute Gasteiger partial charge is 0.460 e. The second-order valence-corrected chi connectivity index (χ2v) is 6.86. The maximum atomic E-state index is 12.1. The van der Waals surface area contributed by atoms with Gasteiger partial charge < -0.3 is 14.3 Å². The summed E-state index contributed by atoms with van der Waals surface area (Å²) in [6.07, 6.45) is 3.04. The van der Waals surface area contributed by atoms with E-state index in [0.29, 0.717) is 17.6 Å². The lowest BCUT2D eigenvalue weighted by Crippen LogP contribution is -2.56. The predicted octanol–water partition coefficient (Wildman–Crippen LogP) is 2.03. The van der Waals surface area contributed by atoms with Gasteiger partial charge in [0.2, 0.25) is 0 Å². The molecule has 2 aliphatic heterocycles. The molecule has 2 fully saturated rings. The first kappa shape index (κ1) is 14.5. The van der Waals surface area contributed by atoms with Crippen LogP contribution in [0.3, 0.4) is 0 Å². The number of carbonyl (C=O) groups excluding carboxylic acids is 1. The van der Waals surface area contributed by atoms with Gasteiger partial charge in [-0.1, -0.05) is 30.3 Å². The Hall–Kier alpha value is -1.39. The quantitative estimate of drug-likeness (QED) is 0.684. The van der Waals surface area contributed by atoms with Crippen molar-refractivity contribution in [1.82, 2.24) is 0 Å². The fraction of sp³-hybridized carbons (Fsp3) is 0.588. The number of piperidine rings is 1. The van der Waals surface area contributed by atoms with Crippen LogP contribution >= 0.6 is 0 Å². The van der Waals surface area contributed by atoms with E-state index in [2.05, 4.69) is 14.1 Å². The SMILES string of the molecule is C[N+]1(C)[C@@H]2CC[C@@H]1CC(OC(=O)[C@H](O)c1ccccc1)C2. The van der Waals surface area contributed by atoms with E-state index < -0.39 is 12.1 Å². The van der Waals surface area contributed by atoms with Crippen LogP contribution in [-0.4, -0.2) is 47.8 Å². The molecule has 1 aromatic rings. The normalized spacial score (nSPS) is 31.7. The van der Waals surface area contributed by atoms with E-state index in [1.54, 1.807) is 12.1 Å². The molecule has 0 aromatic heterocycles. The van der Waals surface area contributed by atoms with Gasteiger partial charge in [0, 0.05) is 25.7 Å². The van der Waals surface area contributed by atoms with Crippen molar-refractivity contribution in [3.63, 3.8) is 0 Å². The Kier molecular flexibility index (Phi) is 3.76. The van der Waals surface area contributed by atoms with E-state index in [-0.39, 0.29) is 6.10 Å². The van der Waals surface area contributed by atoms with Crippen molar-refractivity contribution in [2.75, 3.05) is 14.1 Å². The minimum absolute atomic E-state index is 0.0421. The standard InChI is InChI=1S/C17H24NO3/c1-18(2)13-8-9-14(18)11-15(10-13)21-17(20)16(19)12-6-4-3-5-7-12/h3-7,13-16,19H,8-11H2,1-2H3/q+1/t13-,14-,16-/m1/s1. The smallest absolute Gasteiger partial charge is 0.339 e. The van der Waals surface area contributed by atoms with Crippen LogP contribution in [0, 0.1) is 0 Å². The number of benzene rings is 1. The number of fused-ring (bicyclic) bond motifs is 2. The van der Waals surface area contributed by atoms with E-state index >= 15 is 0 Å². The minimum Gasteiger partial charge on any atom is -0.460 e. The van der Waals surface area contributed by atoms with Gasteiger partial charge in [-0.3, -0.25) is 0 Å². The number of hydrogen-bond donors (Lipinski definition) is 1. The van der Waals surface area contributed by atoms with Crippen LogP contribution in [0.2, 0.25) is 0 Å². The van der Waals surface area contributed by atoms with Crippen molar-refractivity contribution in [3.8, 4) is 0 Å². The van der Waals surface area contributed by atoms with Crippen LogP contribution < -0.4 is 0 Å². The van der Waals surface area contributed by atoms with E-state index in [4.69, 9.17) is 4.74 Å². The van der Waals surface area contributed by atoms with Gasteiger partial charge in [0.1, 0.15) is 6.10 Å². The summed E-state index contributed by atoms with van der Waals surface area (Å²) < 4.78 is 6.63. The Morgan fingerprint density at radius 1 is 1.19 bits per heavy atom. The fourth-order valence-electron chi connectivity index (χ4n) is 3.93. The highest BCUT2D eigenvalue weighted by atomic mass is 16.6. The van der Waals surface area contributed by atoms with Crippen molar-refractivity contribution in [3.05, 3.63) is 35.9 Å². The molecular formula is C17H24NO3+. The van der Waals surface area contributed by atoms with Gasteiger partial charge >= 0.3 is 5.97 Å². The maximum Gasteiger partial charge on any atom is 0.339 e. The second-order valence-electron chi connectivity index (χ2n) is 6.86. The third-order valence-electron chi connectivity index (χ3n) is 5.41. The van der Waals surface area contributed by atoms with Gasteiger partial charge in [-0.25, -0.2) is 4.79 Å². The lowest BCUT2D eigenvalue weighted by Gasteiger charge is -2.43. The molecule has 3 rings (SSSR count). The van der Waals surface area contributed by atoms with Gasteiger partial charge in [0.05, 0.1) is 26.2 Å². The molecule has 0 spiro atoms. The molecule has 4 heteroatoms. The number of nitrogens with zero attached hydrogens (tertiary/aromatic N) is 1. The molecule has 2 heterocycles. The van der Waals surface area contributed by atoms with Crippen molar-refractivity contribution in [1.29, 1.82) is 0 Å². The highest BCUT2D eigenvalue weighted by Crippen LogP contribution is 2.40. The van der Waals surface area contributed by atoms with Crippen molar-refractivity contribution >= 4 is 5.97 Å². The average molecular weight is 290 g/mol. The van der Waals surface area contributed by atoms with Crippen LogP contribution in [0.15, 0.2) is 30.3 Å². The molecule has 2 aliphatic rings. The number of ether oxygens (including phenoxy) is 1. The van der Waals surface area contributed by atoms with Crippen LogP contribution in [0.1, 0.15) is 37.4 Å². The van der Waals surface area contributed by atoms with Gasteiger partial charge in [0.15, 0.2) is 6.10 Å². The van der Waals surface area contributed by atoms with E-state index in [1.807, 2.05) is 18.2 Å². The molecule has 0 aliphatic carbocycles. The topological polar surface area (TPSA) is 46.5 Å². The molecule has 3 atom stereocenters. The highest BCUT2D eigenvalue weighted by molar-refractivity contribution is 5.76. The van der Waals surface area contributed by atoms with Gasteiger partial charge in [0.25, 0.3) is 0 Å². The minimum atomic E-state index is -1.17. The number of aliphatic hydroxyl groups is 1. The van der Waals surface area contributed by atoms with E-state index in [9.17, 15) is 9.90 Å². The summed E-state index contributed by atoms with van der Waals surface area (Å²) in [6, 6.07) is 10.1. The summed E-state index contributed by atoms with van der Waals surface area (Å²) in [5, 5.41) is 10.1. The Morgan fingerprint density at radius 3 is 2.33 bits per heavy atom. The molecule has 0 radical (unpaired) electrons. The molecular weight excluding hydrogens is 266 g/mol. The van der Waals surface area contributed by atoms with Crippen molar-refractivity contribution in [2.45, 2.75) is 50.0 Å². The molecule has 2 saturated heterocycles. The number of quaternary nitrogens is 1. The molecule has 0 unspecified atom stereocenters. The molecule has 1 N–H and O–H groups in total. The van der Waals surface area contributed by atoms with Crippen molar-refractivity contribution < 1.29 is 19.1 Å². The Bertz CT molecular complexity index is 498. The van der Waals surface area contributed by atoms with Gasteiger partial charge in [-0.2, -0.15) is 0 Å². The maximum absolute atomic E-state index is 12.1. The lowest BCUT2D eigenvalue weighted by atomic mass is 9.97. The number of rotatable bonds is 3. The monoisotopic (exact) mass is 290 g/mol. The highest BCUT2D eigenvalue weighted by Gasteiger charge is 2.50. The van der Waals surface area contributed by atoms with Crippen LogP contribution in [0.25, 0.3) is 0 Å². The summed E-state index contributed by atoms with van der Waals surface area (Å²) in [5.41, 5.74) is 0.595. The van der Waals surface area contributed by atoms with Crippen LogP contribution in [-0.2, 0) is 9.53 Å². The van der Waals surface area contributed by atoms with E-state index in [0.717, 1.165) is 17.3 Å². The molecule has 21 heavy (non-hydrogen) atoms. The molecule has 2 bridgehead atoms. The summed E-state index contributed by atoms with van der Waals surface area (Å²) in [6.45, 7) is 0. The zero-order valence-corrected chi connectivity index (χ0v) is 12.7. The van der Waals surface area contributed by atoms with E-state index in [1.165, 1.54) is 12.8 Å². The Labute approximate surface area is 125 Å². The molecule has 1 aromatic carbocycles. The molecule has 114 valence electrons. The van der Waals surface area contributed by atoms with Gasteiger partial charge in [-0.15, -0.1) is 0 Å². The summed E-state index contributed by atoms with van der Waals surface area (Å²) in [5.74, 6) is -0.516. The number of carbonyl (C=O) groups is 1. The van der Waals surface area contributed by atoms with Crippen molar-refractivity contribution in [2.24, 2.45) is 0 Å². The van der Waals surface area contributed by atoms with Gasteiger partial charge in [-0.05, 0) is 5.56 Å². The third-order valence-corrected chi connectivity index (χ3v) is 5.41. The third kappa shape index (κ3) is 2.70. The first-order valence-corrected chi connectivity index (χ1v) is 7.75. The summed E-state index contributed by atoms with van der Waals surface area (Å²) in [7, 11) is 4.55. The second kappa shape index (κ2) is 5.43. The van der Waals surface area contributed by atoms with Crippen LogP contribution in [0.4, 0.5) is 0 Å². The zero-order valence-electron chi connectivity index (χ0n) is 12.7. The molecule has 0 saturated carbocycles. The fourth-order valence-corrected chi connectivity index (χ4v) is 3.93. The number of esters is 1. The summed E-state index contributed by atoms with van der Waals surface area (Å²) >= 11 is 0. The number of hydrogen-bond acceptors (Lipinski definition) is 3. The molecule has 0 amide bonds. The first-order chi connectivity index (χ1) is 9.98.